The van der Waals surface area contributed by atoms with Gasteiger partial charge in [0.05, 0.1) is 5.41 Å². The lowest BCUT2D eigenvalue weighted by atomic mass is 9.97. The molecule has 1 heterocycles. The van der Waals surface area contributed by atoms with E-state index in [-0.39, 0.29) is 26.2 Å². The van der Waals surface area contributed by atoms with E-state index >= 15 is 0 Å². The van der Waals surface area contributed by atoms with E-state index in [1.807, 2.05) is 0 Å². The SMILES string of the molecule is CC(C)(C)OC(=O)N1CCN(C(=O)[C@H](O)[C@@H](O)[C@H](O)C(O)COC(=O)C(C)(C)C)CC1. The molecule has 1 aliphatic rings. The highest BCUT2D eigenvalue weighted by atomic mass is 16.6. The summed E-state index contributed by atoms with van der Waals surface area (Å²) in [6.45, 7) is 10.0. The Balaban J connectivity index is 2.56. The van der Waals surface area contributed by atoms with Crippen molar-refractivity contribution in [2.45, 2.75) is 71.6 Å². The van der Waals surface area contributed by atoms with E-state index in [0.717, 1.165) is 0 Å². The number of rotatable bonds is 6. The van der Waals surface area contributed by atoms with Gasteiger partial charge in [0.1, 0.15) is 30.5 Å². The summed E-state index contributed by atoms with van der Waals surface area (Å²) in [5.41, 5.74) is -1.47. The molecule has 11 heteroatoms. The molecule has 180 valence electrons. The van der Waals surface area contributed by atoms with Gasteiger partial charge in [0.25, 0.3) is 5.91 Å². The first-order valence-corrected chi connectivity index (χ1v) is 10.2. The van der Waals surface area contributed by atoms with Gasteiger partial charge in [-0.25, -0.2) is 4.79 Å². The van der Waals surface area contributed by atoms with Crippen LogP contribution < -0.4 is 0 Å². The van der Waals surface area contributed by atoms with Gasteiger partial charge in [-0.3, -0.25) is 9.59 Å². The van der Waals surface area contributed by atoms with Gasteiger partial charge < -0.3 is 39.7 Å². The number of nitrogens with zero attached hydrogens (tertiary/aromatic N) is 2. The monoisotopic (exact) mass is 448 g/mol. The average molecular weight is 449 g/mol. The molecule has 0 aromatic carbocycles. The van der Waals surface area contributed by atoms with Crippen LogP contribution in [0.1, 0.15) is 41.5 Å². The number of aliphatic hydroxyl groups is 4. The second-order valence-corrected chi connectivity index (χ2v) is 9.63. The highest BCUT2D eigenvalue weighted by molar-refractivity contribution is 5.81. The Bertz CT molecular complexity index is 634. The number of esters is 1. The van der Waals surface area contributed by atoms with Crippen LogP contribution in [0.3, 0.4) is 0 Å². The van der Waals surface area contributed by atoms with Crippen LogP contribution in [0.15, 0.2) is 0 Å². The fourth-order valence-electron chi connectivity index (χ4n) is 2.66. The summed E-state index contributed by atoms with van der Waals surface area (Å²) in [5.74, 6) is -1.47. The molecule has 0 aromatic rings. The standard InChI is InChI=1S/C20H36N2O9/c1-19(2,3)17(28)30-11-12(23)13(24)14(25)15(26)16(27)21-7-9-22(10-8-21)18(29)31-20(4,5)6/h12-15,23-26H,7-11H2,1-6H3/t12?,13-,14+,15-/m1/s1. The Morgan fingerprint density at radius 2 is 1.32 bits per heavy atom. The van der Waals surface area contributed by atoms with Crippen LogP contribution in [0.2, 0.25) is 0 Å². The van der Waals surface area contributed by atoms with Gasteiger partial charge in [-0.2, -0.15) is 0 Å². The number of hydrogen-bond donors (Lipinski definition) is 4. The van der Waals surface area contributed by atoms with Crippen molar-refractivity contribution in [3.63, 3.8) is 0 Å². The molecule has 2 amide bonds. The number of ether oxygens (including phenoxy) is 2. The van der Waals surface area contributed by atoms with Gasteiger partial charge >= 0.3 is 12.1 Å². The maximum Gasteiger partial charge on any atom is 0.410 e. The lowest BCUT2D eigenvalue weighted by Crippen LogP contribution is -2.57. The number of carbonyl (C=O) groups is 3. The first-order valence-electron chi connectivity index (χ1n) is 10.2. The molecule has 0 aliphatic carbocycles. The fraction of sp³-hybridized carbons (Fsp3) is 0.850. The zero-order valence-corrected chi connectivity index (χ0v) is 19.1. The third-order valence-electron chi connectivity index (χ3n) is 4.56. The minimum Gasteiger partial charge on any atom is -0.462 e. The summed E-state index contributed by atoms with van der Waals surface area (Å²) in [6, 6.07) is 0. The van der Waals surface area contributed by atoms with E-state index in [2.05, 4.69) is 0 Å². The summed E-state index contributed by atoms with van der Waals surface area (Å²) in [5, 5.41) is 40.3. The van der Waals surface area contributed by atoms with E-state index in [1.54, 1.807) is 41.5 Å². The van der Waals surface area contributed by atoms with Crippen molar-refractivity contribution in [3.05, 3.63) is 0 Å². The Morgan fingerprint density at radius 1 is 0.839 bits per heavy atom. The quantitative estimate of drug-likeness (QED) is 0.378. The fourth-order valence-corrected chi connectivity index (χ4v) is 2.66. The van der Waals surface area contributed by atoms with Crippen molar-refractivity contribution in [2.24, 2.45) is 5.41 Å². The summed E-state index contributed by atoms with van der Waals surface area (Å²) < 4.78 is 10.2. The van der Waals surface area contributed by atoms with Crippen molar-refractivity contribution in [2.75, 3.05) is 32.8 Å². The predicted octanol–water partition coefficient (Wildman–Crippen LogP) is -0.901. The molecule has 0 radical (unpaired) electrons. The van der Waals surface area contributed by atoms with Crippen LogP contribution in [-0.4, -0.2) is 111 Å². The first-order chi connectivity index (χ1) is 14.0. The summed E-state index contributed by atoms with van der Waals surface area (Å²) in [6.07, 6.45) is -8.14. The molecule has 0 saturated carbocycles. The van der Waals surface area contributed by atoms with Gasteiger partial charge in [-0.05, 0) is 41.5 Å². The summed E-state index contributed by atoms with van der Waals surface area (Å²) in [4.78, 5) is 39.0. The Labute approximate surface area is 182 Å². The van der Waals surface area contributed by atoms with Gasteiger partial charge in [0.15, 0.2) is 6.10 Å². The van der Waals surface area contributed by atoms with Crippen molar-refractivity contribution < 1.29 is 44.3 Å². The number of aliphatic hydroxyl groups excluding tert-OH is 4. The number of piperazine rings is 1. The molecule has 4 N–H and O–H groups in total. The molecule has 1 fully saturated rings. The molecule has 0 spiro atoms. The highest BCUT2D eigenvalue weighted by Crippen LogP contribution is 2.17. The first kappa shape index (κ1) is 27.1. The number of hydrogen-bond acceptors (Lipinski definition) is 9. The molecule has 1 unspecified atom stereocenters. The molecule has 31 heavy (non-hydrogen) atoms. The topological polar surface area (TPSA) is 157 Å². The molecule has 4 atom stereocenters. The van der Waals surface area contributed by atoms with E-state index < -0.39 is 60.0 Å². The van der Waals surface area contributed by atoms with Crippen molar-refractivity contribution >= 4 is 18.0 Å². The molecule has 1 aliphatic heterocycles. The molecular weight excluding hydrogens is 412 g/mol. The molecule has 11 nitrogen and oxygen atoms in total. The molecular formula is C20H36N2O9. The molecule has 1 saturated heterocycles. The smallest absolute Gasteiger partial charge is 0.410 e. The van der Waals surface area contributed by atoms with Crippen LogP contribution in [0.5, 0.6) is 0 Å². The second-order valence-electron chi connectivity index (χ2n) is 9.63. The third-order valence-corrected chi connectivity index (χ3v) is 4.56. The zero-order chi connectivity index (χ0) is 24.1. The van der Waals surface area contributed by atoms with Crippen molar-refractivity contribution in [3.8, 4) is 0 Å². The zero-order valence-electron chi connectivity index (χ0n) is 19.1. The lowest BCUT2D eigenvalue weighted by Gasteiger charge is -2.37. The predicted molar refractivity (Wildman–Crippen MR) is 109 cm³/mol. The van der Waals surface area contributed by atoms with Gasteiger partial charge in [-0.1, -0.05) is 0 Å². The maximum absolute atomic E-state index is 12.5. The van der Waals surface area contributed by atoms with E-state index in [9.17, 15) is 34.8 Å². The van der Waals surface area contributed by atoms with E-state index in [1.165, 1.54) is 9.80 Å². The van der Waals surface area contributed by atoms with Gasteiger partial charge in [0, 0.05) is 26.2 Å². The number of carbonyl (C=O) groups excluding carboxylic acids is 3. The van der Waals surface area contributed by atoms with Crippen LogP contribution in [-0.2, 0) is 19.1 Å². The Kier molecular flexibility index (Phi) is 9.24. The van der Waals surface area contributed by atoms with Crippen LogP contribution >= 0.6 is 0 Å². The molecule has 0 bridgehead atoms. The minimum atomic E-state index is -2.00. The summed E-state index contributed by atoms with van der Waals surface area (Å²) in [7, 11) is 0. The van der Waals surface area contributed by atoms with Crippen LogP contribution in [0.4, 0.5) is 4.79 Å². The van der Waals surface area contributed by atoms with Crippen molar-refractivity contribution in [1.29, 1.82) is 0 Å². The van der Waals surface area contributed by atoms with Crippen molar-refractivity contribution in [1.82, 2.24) is 9.80 Å². The average Bonchev–Trinajstić information content (AvgIpc) is 2.67. The Morgan fingerprint density at radius 3 is 1.77 bits per heavy atom. The third kappa shape index (κ3) is 8.24. The minimum absolute atomic E-state index is 0.101. The molecule has 1 rings (SSSR count). The number of amides is 2. The molecule has 0 aromatic heterocycles. The van der Waals surface area contributed by atoms with Crippen LogP contribution in [0.25, 0.3) is 0 Å². The second kappa shape index (κ2) is 10.6. The van der Waals surface area contributed by atoms with Crippen LogP contribution in [0, 0.1) is 5.41 Å². The Hall–Kier alpha value is -1.95. The van der Waals surface area contributed by atoms with Gasteiger partial charge in [-0.15, -0.1) is 0 Å². The maximum atomic E-state index is 12.5. The largest absolute Gasteiger partial charge is 0.462 e. The van der Waals surface area contributed by atoms with Gasteiger partial charge in [0.2, 0.25) is 0 Å². The summed E-state index contributed by atoms with van der Waals surface area (Å²) >= 11 is 0. The van der Waals surface area contributed by atoms with E-state index in [4.69, 9.17) is 9.47 Å². The van der Waals surface area contributed by atoms with E-state index in [0.29, 0.717) is 0 Å². The normalized spacial score (nSPS) is 19.3. The highest BCUT2D eigenvalue weighted by Gasteiger charge is 2.38. The lowest BCUT2D eigenvalue weighted by molar-refractivity contribution is -0.169.